The highest BCUT2D eigenvalue weighted by molar-refractivity contribution is 6.37. The van der Waals surface area contributed by atoms with Gasteiger partial charge in [-0.3, -0.25) is 0 Å². The Morgan fingerprint density at radius 1 is 0.783 bits per heavy atom. The lowest BCUT2D eigenvalue weighted by Gasteiger charge is -2.34. The van der Waals surface area contributed by atoms with Crippen LogP contribution in [0.15, 0.2) is 84.9 Å². The molecule has 1 aliphatic heterocycles. The molecule has 0 atom stereocenters. The molecular weight excluding hydrogens is 567 g/mol. The highest BCUT2D eigenvalue weighted by Crippen LogP contribution is 2.49. The quantitative estimate of drug-likeness (QED) is 0.0742. The normalized spacial score (nSPS) is 13.2. The zero-order valence-electron chi connectivity index (χ0n) is 25.6. The van der Waals surface area contributed by atoms with Crippen LogP contribution in [-0.4, -0.2) is 23.2 Å². The Kier molecular flexibility index (Phi) is 6.27. The largest absolute Gasteiger partial charge is 0.508 e. The van der Waals surface area contributed by atoms with Crippen molar-refractivity contribution in [2.45, 2.75) is 26.3 Å². The highest BCUT2D eigenvalue weighted by Gasteiger charge is 2.28. The van der Waals surface area contributed by atoms with Gasteiger partial charge in [0.1, 0.15) is 13.6 Å². The van der Waals surface area contributed by atoms with E-state index < -0.39 is 0 Å². The second-order valence-corrected chi connectivity index (χ2v) is 12.2. The first-order chi connectivity index (χ1) is 22.3. The fraction of sp³-hybridized carbons (Fsp3) is 0.100. The van der Waals surface area contributed by atoms with Crippen molar-refractivity contribution < 1.29 is 15.3 Å². The highest BCUT2D eigenvalue weighted by atomic mass is 16.3. The number of allylic oxidation sites excluding steroid dienone is 1. The van der Waals surface area contributed by atoms with Gasteiger partial charge in [0.25, 0.3) is 0 Å². The number of phenolic OH excluding ortho intramolecular Hbond substituents is 3. The molecule has 0 radical (unpaired) electrons. The maximum absolute atomic E-state index is 11.0. The van der Waals surface area contributed by atoms with Crippen LogP contribution < -0.4 is 16.1 Å². The van der Waals surface area contributed by atoms with E-state index in [1.165, 1.54) is 22.3 Å². The van der Waals surface area contributed by atoms with Crippen molar-refractivity contribution in [2.24, 2.45) is 0 Å². The predicted octanol–water partition coefficient (Wildman–Crippen LogP) is 7.32. The number of anilines is 3. The number of fused-ring (bicyclic) bond motifs is 6. The van der Waals surface area contributed by atoms with Crippen molar-refractivity contribution in [3.63, 3.8) is 0 Å². The number of phenols is 3. The fourth-order valence-corrected chi connectivity index (χ4v) is 7.24. The third kappa shape index (κ3) is 4.05. The summed E-state index contributed by atoms with van der Waals surface area (Å²) in [5.74, 6) is -0.597. The van der Waals surface area contributed by atoms with Crippen LogP contribution in [0.3, 0.4) is 0 Å². The van der Waals surface area contributed by atoms with E-state index in [-0.39, 0.29) is 22.7 Å². The van der Waals surface area contributed by atoms with Crippen LogP contribution in [0.2, 0.25) is 0 Å². The van der Waals surface area contributed by atoms with Crippen LogP contribution in [0, 0.1) is 19.1 Å². The molecule has 0 unspecified atom stereocenters. The summed E-state index contributed by atoms with van der Waals surface area (Å²) in [5, 5.41) is 34.2. The molecule has 5 nitrogen and oxygen atoms in total. The van der Waals surface area contributed by atoms with Crippen molar-refractivity contribution in [3.8, 4) is 50.6 Å². The van der Waals surface area contributed by atoms with Crippen LogP contribution in [0.4, 0.5) is 17.1 Å². The minimum absolute atomic E-state index is 0.0339. The van der Waals surface area contributed by atoms with Gasteiger partial charge in [0.05, 0.1) is 22.6 Å². The molecule has 1 heterocycles. The molecule has 0 aromatic heterocycles. The standard InChI is InChI=1S/C40H31BN2O3/c1-22-36(39(45)40(46)37(41)38(22)44)31-19-18-26(27-10-4-5-11-28(27)31)24-15-17-30-29-16-14-23-8-2-3-9-25(23)32(29)21-43(35(30)20-24)34-13-7-6-12-33(34)42/h3-7,9-14,16,18-20,44-46H,2,8,21,41-42H2,1H3. The average Bonchev–Trinajstić information content (AvgIpc) is 3.09. The first-order valence-corrected chi connectivity index (χ1v) is 15.5. The van der Waals surface area contributed by atoms with E-state index in [2.05, 4.69) is 53.5 Å². The molecule has 0 fully saturated rings. The summed E-state index contributed by atoms with van der Waals surface area (Å²) in [6.07, 6.45) is 6.61. The summed E-state index contributed by atoms with van der Waals surface area (Å²) >= 11 is 0. The average molecular weight is 599 g/mol. The van der Waals surface area contributed by atoms with Gasteiger partial charge in [-0.2, -0.15) is 0 Å². The van der Waals surface area contributed by atoms with E-state index in [1.807, 2.05) is 54.6 Å². The molecule has 6 aromatic carbocycles. The van der Waals surface area contributed by atoms with Crippen molar-refractivity contribution in [2.75, 3.05) is 10.6 Å². The summed E-state index contributed by atoms with van der Waals surface area (Å²) < 4.78 is 0. The van der Waals surface area contributed by atoms with E-state index in [0.29, 0.717) is 28.9 Å². The molecule has 8 rings (SSSR count). The van der Waals surface area contributed by atoms with Gasteiger partial charge in [0.2, 0.25) is 0 Å². The third-order valence-corrected chi connectivity index (χ3v) is 9.66. The summed E-state index contributed by atoms with van der Waals surface area (Å²) in [7, 11) is 1.58. The Morgan fingerprint density at radius 3 is 2.30 bits per heavy atom. The Balaban J connectivity index is 1.34. The molecule has 46 heavy (non-hydrogen) atoms. The van der Waals surface area contributed by atoms with Gasteiger partial charge in [0, 0.05) is 23.2 Å². The fourth-order valence-electron chi connectivity index (χ4n) is 7.24. The van der Waals surface area contributed by atoms with Crippen LogP contribution >= 0.6 is 0 Å². The number of nitrogens with zero attached hydrogens (tertiary/aromatic N) is 1. The van der Waals surface area contributed by atoms with E-state index in [4.69, 9.17) is 5.73 Å². The lowest BCUT2D eigenvalue weighted by atomic mass is 9.83. The van der Waals surface area contributed by atoms with Gasteiger partial charge in [-0.15, -0.1) is 0 Å². The number of benzene rings is 5. The minimum atomic E-state index is -0.318. The second kappa shape index (κ2) is 10.4. The SMILES string of the molecule is Bc1c(O)c(C)c(-c2ccc(-c3c#cc4c(c3)N(c3ccccc3N)Cc3c-4ccc4c3C=CCC4)c3ccccc23)c(O)c1O. The smallest absolute Gasteiger partial charge is 0.165 e. The molecule has 0 bridgehead atoms. The van der Waals surface area contributed by atoms with Gasteiger partial charge in [-0.1, -0.05) is 84.9 Å². The molecule has 1 aliphatic carbocycles. The molecular formula is C40H31BN2O3. The van der Waals surface area contributed by atoms with Crippen LogP contribution in [0.25, 0.3) is 50.2 Å². The van der Waals surface area contributed by atoms with Crippen LogP contribution in [0.1, 0.15) is 28.7 Å². The monoisotopic (exact) mass is 598 g/mol. The Morgan fingerprint density at radius 2 is 1.50 bits per heavy atom. The van der Waals surface area contributed by atoms with Gasteiger partial charge in [0.15, 0.2) is 11.5 Å². The van der Waals surface area contributed by atoms with Gasteiger partial charge in [-0.05, 0) is 87.6 Å². The Hall–Kier alpha value is -5.80. The van der Waals surface area contributed by atoms with Crippen molar-refractivity contribution >= 4 is 47.2 Å². The lowest BCUT2D eigenvalue weighted by Crippen LogP contribution is -2.23. The number of hydrogen-bond acceptors (Lipinski definition) is 5. The summed E-state index contributed by atoms with van der Waals surface area (Å²) in [6, 6.07) is 33.6. The number of hydrogen-bond donors (Lipinski definition) is 4. The number of nitrogens with two attached hydrogens (primary N) is 1. The number of nitrogen functional groups attached to an aromatic ring is 1. The maximum atomic E-state index is 11.0. The van der Waals surface area contributed by atoms with E-state index >= 15 is 0 Å². The van der Waals surface area contributed by atoms with Crippen molar-refractivity contribution in [1.29, 1.82) is 0 Å². The van der Waals surface area contributed by atoms with E-state index in [9.17, 15) is 15.3 Å². The van der Waals surface area contributed by atoms with Crippen molar-refractivity contribution in [3.05, 3.63) is 119 Å². The zero-order chi connectivity index (χ0) is 31.7. The van der Waals surface area contributed by atoms with Gasteiger partial charge >= 0.3 is 0 Å². The number of aromatic hydroxyl groups is 3. The topological polar surface area (TPSA) is 90.0 Å². The van der Waals surface area contributed by atoms with Gasteiger partial charge in [-0.25, -0.2) is 0 Å². The molecule has 6 aromatic rings. The molecule has 0 saturated heterocycles. The number of aryl methyl sites for hydroxylation is 1. The Bertz CT molecular complexity index is 2240. The molecule has 0 amide bonds. The third-order valence-electron chi connectivity index (χ3n) is 9.66. The maximum Gasteiger partial charge on any atom is 0.165 e. The predicted molar refractivity (Wildman–Crippen MR) is 190 cm³/mol. The first kappa shape index (κ1) is 27.7. The molecule has 222 valence electrons. The molecule has 5 N–H and O–H groups in total. The van der Waals surface area contributed by atoms with E-state index in [1.54, 1.807) is 14.8 Å². The number of para-hydroxylation sites is 2. The molecule has 6 heteroatoms. The van der Waals surface area contributed by atoms with Gasteiger partial charge < -0.3 is 26.0 Å². The first-order valence-electron chi connectivity index (χ1n) is 15.5. The summed E-state index contributed by atoms with van der Waals surface area (Å²) in [4.78, 5) is 2.29. The number of rotatable bonds is 3. The zero-order valence-corrected chi connectivity index (χ0v) is 25.6. The second-order valence-electron chi connectivity index (χ2n) is 12.2. The Labute approximate surface area is 268 Å². The molecule has 2 aliphatic rings. The lowest BCUT2D eigenvalue weighted by molar-refractivity contribution is 0.401. The summed E-state index contributed by atoms with van der Waals surface area (Å²) in [6.45, 7) is 2.43. The van der Waals surface area contributed by atoms with Crippen molar-refractivity contribution in [1.82, 2.24) is 0 Å². The van der Waals surface area contributed by atoms with Crippen LogP contribution in [-0.2, 0) is 13.0 Å². The summed E-state index contributed by atoms with van der Waals surface area (Å²) in [5.41, 5.74) is 19.0. The molecule has 0 saturated carbocycles. The minimum Gasteiger partial charge on any atom is -0.508 e. The molecule has 0 spiro atoms. The van der Waals surface area contributed by atoms with Crippen LogP contribution in [0.5, 0.6) is 17.2 Å². The van der Waals surface area contributed by atoms with E-state index in [0.717, 1.165) is 51.7 Å².